The molecule has 1 aliphatic rings. The monoisotopic (exact) mass is 418 g/mol. The highest BCUT2D eigenvalue weighted by Gasteiger charge is 2.30. The first-order valence-corrected chi connectivity index (χ1v) is 11.4. The molecule has 6 nitrogen and oxygen atoms in total. The van der Waals surface area contributed by atoms with Gasteiger partial charge in [-0.05, 0) is 37.1 Å². The summed E-state index contributed by atoms with van der Waals surface area (Å²) < 4.78 is 29.9. The van der Waals surface area contributed by atoms with Gasteiger partial charge in [0, 0.05) is 37.3 Å². The maximum absolute atomic E-state index is 13.2. The molecule has 2 aromatic heterocycles. The Morgan fingerprint density at radius 1 is 0.967 bits per heavy atom. The lowest BCUT2D eigenvalue weighted by atomic mass is 10.0. The Hall–Kier alpha value is -3.03. The van der Waals surface area contributed by atoms with Crippen molar-refractivity contribution in [3.63, 3.8) is 0 Å². The lowest BCUT2D eigenvalue weighted by Gasteiger charge is -2.28. The fraction of sp³-hybridized carbons (Fsp3) is 0.217. The molecule has 7 heteroatoms. The first kappa shape index (κ1) is 19.0. The molecule has 4 aromatic rings. The molecule has 5 rings (SSSR count). The van der Waals surface area contributed by atoms with Gasteiger partial charge < -0.3 is 0 Å². The van der Waals surface area contributed by atoms with E-state index in [-0.39, 0.29) is 0 Å². The Labute approximate surface area is 175 Å². The number of aromatic nitrogens is 3. The van der Waals surface area contributed by atoms with Gasteiger partial charge in [0.15, 0.2) is 5.65 Å². The first-order chi connectivity index (χ1) is 14.4. The van der Waals surface area contributed by atoms with Crippen molar-refractivity contribution in [1.82, 2.24) is 18.9 Å². The first-order valence-electron chi connectivity index (χ1n) is 9.92. The second-order valence-corrected chi connectivity index (χ2v) is 9.71. The number of fused-ring (bicyclic) bond motifs is 3. The van der Waals surface area contributed by atoms with E-state index in [0.29, 0.717) is 24.4 Å². The van der Waals surface area contributed by atoms with Crippen molar-refractivity contribution < 1.29 is 8.42 Å². The molecular weight excluding hydrogens is 396 g/mol. The lowest BCUT2D eigenvalue weighted by Crippen LogP contribution is -2.37. The Balaban J connectivity index is 1.43. The summed E-state index contributed by atoms with van der Waals surface area (Å²) in [5, 5.41) is 4.50. The van der Waals surface area contributed by atoms with Crippen molar-refractivity contribution in [2.24, 2.45) is 0 Å². The van der Waals surface area contributed by atoms with E-state index in [9.17, 15) is 8.42 Å². The molecule has 0 fully saturated rings. The third-order valence-corrected chi connectivity index (χ3v) is 7.44. The quantitative estimate of drug-likeness (QED) is 0.508. The average Bonchev–Trinajstić information content (AvgIpc) is 3.14. The highest BCUT2D eigenvalue weighted by molar-refractivity contribution is 7.89. The summed E-state index contributed by atoms with van der Waals surface area (Å²) in [5.41, 5.74) is 6.89. The molecule has 0 aliphatic carbocycles. The van der Waals surface area contributed by atoms with Crippen LogP contribution in [0.4, 0.5) is 0 Å². The van der Waals surface area contributed by atoms with Crippen LogP contribution >= 0.6 is 0 Å². The molecule has 3 heterocycles. The zero-order chi connectivity index (χ0) is 20.9. The van der Waals surface area contributed by atoms with E-state index in [1.807, 2.05) is 54.8 Å². The molecule has 2 aromatic carbocycles. The molecule has 0 spiro atoms. The molecule has 1 aliphatic heterocycles. The largest absolute Gasteiger partial charge is 0.243 e. The number of rotatable bonds is 3. The number of aryl methyl sites for hydroxylation is 2. The summed E-state index contributed by atoms with van der Waals surface area (Å²) in [7, 11) is -3.58. The van der Waals surface area contributed by atoms with Crippen molar-refractivity contribution >= 4 is 15.7 Å². The van der Waals surface area contributed by atoms with Crippen LogP contribution in [0.3, 0.4) is 0 Å². The van der Waals surface area contributed by atoms with E-state index in [1.165, 1.54) is 9.87 Å². The van der Waals surface area contributed by atoms with Crippen LogP contribution in [-0.2, 0) is 23.0 Å². The summed E-state index contributed by atoms with van der Waals surface area (Å²) in [6.45, 7) is 4.71. The van der Waals surface area contributed by atoms with Gasteiger partial charge in [0.2, 0.25) is 10.0 Å². The van der Waals surface area contributed by atoms with Gasteiger partial charge in [-0.25, -0.2) is 17.9 Å². The standard InChI is InChI=1S/C23H22N4O2S/c1-16-4-3-5-19(12-16)18-6-8-21(9-7-18)30(28,29)26-11-10-22-20(15-26)14-24-23-13-17(2)25-27(22)23/h3-9,12-14H,10-11,15H2,1-2H3. The van der Waals surface area contributed by atoms with Crippen LogP contribution in [0.1, 0.15) is 22.5 Å². The predicted octanol–water partition coefficient (Wildman–Crippen LogP) is 3.76. The molecule has 0 unspecified atom stereocenters. The molecule has 0 radical (unpaired) electrons. The third kappa shape index (κ3) is 3.20. The van der Waals surface area contributed by atoms with Gasteiger partial charge in [0.1, 0.15) is 0 Å². The van der Waals surface area contributed by atoms with Crippen LogP contribution in [-0.4, -0.2) is 33.9 Å². The van der Waals surface area contributed by atoms with E-state index in [2.05, 4.69) is 16.1 Å². The van der Waals surface area contributed by atoms with Crippen molar-refractivity contribution in [3.05, 3.63) is 83.3 Å². The minimum atomic E-state index is -3.58. The van der Waals surface area contributed by atoms with Gasteiger partial charge in [-0.2, -0.15) is 9.40 Å². The van der Waals surface area contributed by atoms with Crippen molar-refractivity contribution in [2.45, 2.75) is 31.7 Å². The van der Waals surface area contributed by atoms with Crippen molar-refractivity contribution in [2.75, 3.05) is 6.54 Å². The van der Waals surface area contributed by atoms with Gasteiger partial charge in [-0.1, -0.05) is 42.0 Å². The van der Waals surface area contributed by atoms with Crippen LogP contribution in [0.5, 0.6) is 0 Å². The fourth-order valence-electron chi connectivity index (χ4n) is 4.03. The van der Waals surface area contributed by atoms with E-state index >= 15 is 0 Å². The van der Waals surface area contributed by atoms with Crippen molar-refractivity contribution in [1.29, 1.82) is 0 Å². The van der Waals surface area contributed by atoms with Crippen molar-refractivity contribution in [3.8, 4) is 11.1 Å². The van der Waals surface area contributed by atoms with Crippen LogP contribution in [0.25, 0.3) is 16.8 Å². The zero-order valence-electron chi connectivity index (χ0n) is 16.9. The highest BCUT2D eigenvalue weighted by Crippen LogP contribution is 2.27. The normalized spacial score (nSPS) is 14.7. The van der Waals surface area contributed by atoms with Gasteiger partial charge >= 0.3 is 0 Å². The molecule has 0 atom stereocenters. The number of sulfonamides is 1. The Kier molecular flexibility index (Phi) is 4.45. The smallest absolute Gasteiger partial charge is 0.237 e. The molecule has 152 valence electrons. The van der Waals surface area contributed by atoms with E-state index < -0.39 is 10.0 Å². The molecule has 0 saturated heterocycles. The Bertz CT molecular complexity index is 1360. The fourth-order valence-corrected chi connectivity index (χ4v) is 5.45. The molecule has 30 heavy (non-hydrogen) atoms. The van der Waals surface area contributed by atoms with Crippen LogP contribution in [0.2, 0.25) is 0 Å². The lowest BCUT2D eigenvalue weighted by molar-refractivity contribution is 0.384. The predicted molar refractivity (Wildman–Crippen MR) is 116 cm³/mol. The molecule has 0 saturated carbocycles. The average molecular weight is 419 g/mol. The van der Waals surface area contributed by atoms with Gasteiger partial charge in [0.05, 0.1) is 16.3 Å². The van der Waals surface area contributed by atoms with Crippen LogP contribution < -0.4 is 0 Å². The van der Waals surface area contributed by atoms with Crippen LogP contribution in [0.15, 0.2) is 65.7 Å². The molecule has 0 amide bonds. The second kappa shape index (κ2) is 7.04. The molecule has 0 bridgehead atoms. The number of benzene rings is 2. The number of nitrogens with zero attached hydrogens (tertiary/aromatic N) is 4. The maximum Gasteiger partial charge on any atom is 0.243 e. The summed E-state index contributed by atoms with van der Waals surface area (Å²) in [5.74, 6) is 0. The number of hydrogen-bond acceptors (Lipinski definition) is 4. The summed E-state index contributed by atoms with van der Waals surface area (Å²) >= 11 is 0. The molecular formula is C23H22N4O2S. The maximum atomic E-state index is 13.2. The molecule has 0 N–H and O–H groups in total. The summed E-state index contributed by atoms with van der Waals surface area (Å²) in [6.07, 6.45) is 2.38. The Morgan fingerprint density at radius 3 is 2.53 bits per heavy atom. The number of hydrogen-bond donors (Lipinski definition) is 0. The van der Waals surface area contributed by atoms with Crippen LogP contribution in [0, 0.1) is 13.8 Å². The SMILES string of the molecule is Cc1cccc(-c2ccc(S(=O)(=O)N3CCc4c(cnc5cc(C)nn45)C3)cc2)c1. The summed E-state index contributed by atoms with van der Waals surface area (Å²) in [6, 6.07) is 17.2. The summed E-state index contributed by atoms with van der Waals surface area (Å²) in [4.78, 5) is 4.75. The second-order valence-electron chi connectivity index (χ2n) is 7.77. The van der Waals surface area contributed by atoms with E-state index in [0.717, 1.165) is 33.7 Å². The Morgan fingerprint density at radius 2 is 1.77 bits per heavy atom. The van der Waals surface area contributed by atoms with E-state index in [1.54, 1.807) is 18.3 Å². The topological polar surface area (TPSA) is 67.6 Å². The van der Waals surface area contributed by atoms with Gasteiger partial charge in [-0.15, -0.1) is 0 Å². The zero-order valence-corrected chi connectivity index (χ0v) is 17.7. The van der Waals surface area contributed by atoms with E-state index in [4.69, 9.17) is 0 Å². The minimum absolute atomic E-state index is 0.305. The minimum Gasteiger partial charge on any atom is -0.237 e. The highest BCUT2D eigenvalue weighted by atomic mass is 32.2. The van der Waals surface area contributed by atoms with Gasteiger partial charge in [-0.3, -0.25) is 0 Å². The van der Waals surface area contributed by atoms with Gasteiger partial charge in [0.25, 0.3) is 0 Å². The third-order valence-electron chi connectivity index (χ3n) is 5.58.